The third kappa shape index (κ3) is 4.67. The van der Waals surface area contributed by atoms with Gasteiger partial charge in [0.05, 0.1) is 23.3 Å². The molecule has 1 aromatic heterocycles. The van der Waals surface area contributed by atoms with Crippen molar-refractivity contribution in [3.05, 3.63) is 67.3 Å². The number of hydrogen-bond acceptors (Lipinski definition) is 4. The number of ether oxygens (including phenoxy) is 1. The topological polar surface area (TPSA) is 56.2 Å². The van der Waals surface area contributed by atoms with Crippen molar-refractivity contribution < 1.29 is 9.53 Å². The number of imidazole rings is 1. The van der Waals surface area contributed by atoms with E-state index in [4.69, 9.17) is 4.74 Å². The number of carbonyl (C=O) groups is 1. The Morgan fingerprint density at radius 2 is 1.96 bits per heavy atom. The van der Waals surface area contributed by atoms with Crippen LogP contribution in [0.1, 0.15) is 0 Å². The van der Waals surface area contributed by atoms with E-state index in [1.54, 1.807) is 0 Å². The van der Waals surface area contributed by atoms with Crippen molar-refractivity contribution in [2.75, 3.05) is 18.9 Å². The highest BCUT2D eigenvalue weighted by molar-refractivity contribution is 7.99. The van der Waals surface area contributed by atoms with Crippen LogP contribution in [0.3, 0.4) is 0 Å². The summed E-state index contributed by atoms with van der Waals surface area (Å²) in [5.74, 6) is 1.07. The quantitative estimate of drug-likeness (QED) is 0.357. The van der Waals surface area contributed by atoms with E-state index in [-0.39, 0.29) is 5.91 Å². The third-order valence-electron chi connectivity index (χ3n) is 3.70. The summed E-state index contributed by atoms with van der Waals surface area (Å²) >= 11 is 1.43. The van der Waals surface area contributed by atoms with Gasteiger partial charge in [0.2, 0.25) is 5.91 Å². The third-order valence-corrected chi connectivity index (χ3v) is 4.68. The van der Waals surface area contributed by atoms with Crippen LogP contribution in [0.4, 0.5) is 0 Å². The average Bonchev–Trinajstić information content (AvgIpc) is 3.02. The van der Waals surface area contributed by atoms with Crippen LogP contribution in [0.5, 0.6) is 5.75 Å². The monoisotopic (exact) mass is 367 g/mol. The van der Waals surface area contributed by atoms with Gasteiger partial charge in [-0.3, -0.25) is 4.79 Å². The highest BCUT2D eigenvalue weighted by Gasteiger charge is 2.11. The molecule has 0 aliphatic heterocycles. The molecule has 0 saturated carbocycles. The summed E-state index contributed by atoms with van der Waals surface area (Å²) < 4.78 is 7.63. The van der Waals surface area contributed by atoms with Crippen LogP contribution in [0, 0.1) is 0 Å². The fourth-order valence-electron chi connectivity index (χ4n) is 2.53. The Morgan fingerprint density at radius 3 is 2.77 bits per heavy atom. The van der Waals surface area contributed by atoms with Crippen molar-refractivity contribution in [2.24, 2.45) is 0 Å². The number of hydrogen-bond donors (Lipinski definition) is 1. The number of amides is 1. The minimum Gasteiger partial charge on any atom is -0.492 e. The molecule has 1 heterocycles. The summed E-state index contributed by atoms with van der Waals surface area (Å²) in [6.07, 6.45) is 1.83. The molecule has 0 fully saturated rings. The number of rotatable bonds is 9. The Hall–Kier alpha value is -2.73. The van der Waals surface area contributed by atoms with Crippen molar-refractivity contribution in [1.29, 1.82) is 0 Å². The molecule has 0 spiro atoms. The molecule has 134 valence electrons. The predicted molar refractivity (Wildman–Crippen MR) is 106 cm³/mol. The Labute approximate surface area is 157 Å². The van der Waals surface area contributed by atoms with Gasteiger partial charge in [-0.05, 0) is 24.3 Å². The van der Waals surface area contributed by atoms with Gasteiger partial charge in [-0.15, -0.1) is 6.58 Å². The van der Waals surface area contributed by atoms with E-state index in [0.717, 1.165) is 21.9 Å². The molecular formula is C20H21N3O2S. The van der Waals surface area contributed by atoms with E-state index in [1.165, 1.54) is 11.8 Å². The maximum Gasteiger partial charge on any atom is 0.230 e. The van der Waals surface area contributed by atoms with Crippen LogP contribution in [-0.2, 0) is 11.3 Å². The molecule has 6 heteroatoms. The van der Waals surface area contributed by atoms with Crippen LogP contribution in [0.15, 0.2) is 72.4 Å². The highest BCUT2D eigenvalue weighted by Crippen LogP contribution is 2.23. The molecule has 0 aliphatic carbocycles. The molecule has 0 atom stereocenters. The molecule has 0 bridgehead atoms. The fourth-order valence-corrected chi connectivity index (χ4v) is 3.38. The van der Waals surface area contributed by atoms with E-state index in [0.29, 0.717) is 25.4 Å². The predicted octanol–water partition coefficient (Wildman–Crippen LogP) is 3.51. The molecular weight excluding hydrogens is 346 g/mol. The van der Waals surface area contributed by atoms with Gasteiger partial charge in [0.25, 0.3) is 0 Å². The number of aromatic nitrogens is 2. The lowest BCUT2D eigenvalue weighted by Gasteiger charge is -2.08. The first kappa shape index (κ1) is 18.1. The molecule has 0 unspecified atom stereocenters. The summed E-state index contributed by atoms with van der Waals surface area (Å²) in [5, 5.41) is 3.69. The minimum atomic E-state index is -0.0381. The lowest BCUT2D eigenvalue weighted by molar-refractivity contribution is -0.118. The molecule has 0 radical (unpaired) electrons. The Kier molecular flexibility index (Phi) is 6.33. The zero-order valence-corrected chi connectivity index (χ0v) is 15.2. The second-order valence-electron chi connectivity index (χ2n) is 5.58. The van der Waals surface area contributed by atoms with Crippen LogP contribution in [0.25, 0.3) is 11.0 Å². The summed E-state index contributed by atoms with van der Waals surface area (Å²) in [7, 11) is 0. The number of para-hydroxylation sites is 3. The van der Waals surface area contributed by atoms with Crippen molar-refractivity contribution in [2.45, 2.75) is 11.7 Å². The fraction of sp³-hybridized carbons (Fsp3) is 0.200. The van der Waals surface area contributed by atoms with Gasteiger partial charge in [-0.25, -0.2) is 4.98 Å². The number of benzene rings is 2. The minimum absolute atomic E-state index is 0.0381. The van der Waals surface area contributed by atoms with Crippen molar-refractivity contribution in [3.8, 4) is 5.75 Å². The molecule has 0 saturated heterocycles. The summed E-state index contributed by atoms with van der Waals surface area (Å²) in [6.45, 7) is 5.37. The number of allylic oxidation sites excluding steroid dienone is 1. The molecule has 2 aromatic carbocycles. The average molecular weight is 367 g/mol. The summed E-state index contributed by atoms with van der Waals surface area (Å²) in [4.78, 5) is 16.7. The molecule has 3 aromatic rings. The van der Waals surface area contributed by atoms with Gasteiger partial charge in [0.15, 0.2) is 5.16 Å². The Morgan fingerprint density at radius 1 is 1.19 bits per heavy atom. The molecule has 1 N–H and O–H groups in total. The number of nitrogens with zero attached hydrogens (tertiary/aromatic N) is 2. The second kappa shape index (κ2) is 9.10. The van der Waals surface area contributed by atoms with Gasteiger partial charge in [0.1, 0.15) is 12.4 Å². The number of carbonyl (C=O) groups excluding carboxylic acids is 1. The molecule has 3 rings (SSSR count). The molecule has 0 aliphatic rings. The van der Waals surface area contributed by atoms with Gasteiger partial charge in [0, 0.05) is 6.54 Å². The van der Waals surface area contributed by atoms with Crippen LogP contribution < -0.4 is 10.1 Å². The van der Waals surface area contributed by atoms with E-state index < -0.39 is 0 Å². The normalized spacial score (nSPS) is 10.6. The Bertz CT molecular complexity index is 877. The van der Waals surface area contributed by atoms with Gasteiger partial charge in [-0.1, -0.05) is 48.2 Å². The first-order valence-corrected chi connectivity index (χ1v) is 9.40. The van der Waals surface area contributed by atoms with Crippen LogP contribution >= 0.6 is 11.8 Å². The maximum absolute atomic E-state index is 12.1. The first-order valence-electron chi connectivity index (χ1n) is 8.41. The highest BCUT2D eigenvalue weighted by atomic mass is 32.2. The lowest BCUT2D eigenvalue weighted by Crippen LogP contribution is -2.29. The molecule has 5 nitrogen and oxygen atoms in total. The van der Waals surface area contributed by atoms with E-state index in [9.17, 15) is 4.79 Å². The SMILES string of the molecule is C=CCn1c(SCC(=O)NCCOc2ccccc2)nc2ccccc21. The summed E-state index contributed by atoms with van der Waals surface area (Å²) in [5.41, 5.74) is 1.97. The summed E-state index contributed by atoms with van der Waals surface area (Å²) in [6, 6.07) is 17.5. The Balaban J connectivity index is 1.49. The van der Waals surface area contributed by atoms with E-state index in [1.807, 2.05) is 60.7 Å². The van der Waals surface area contributed by atoms with Crippen molar-refractivity contribution in [1.82, 2.24) is 14.9 Å². The number of fused-ring (bicyclic) bond motifs is 1. The molecule has 26 heavy (non-hydrogen) atoms. The first-order chi connectivity index (χ1) is 12.8. The smallest absolute Gasteiger partial charge is 0.230 e. The van der Waals surface area contributed by atoms with Gasteiger partial charge in [-0.2, -0.15) is 0 Å². The van der Waals surface area contributed by atoms with Gasteiger partial charge < -0.3 is 14.6 Å². The second-order valence-corrected chi connectivity index (χ2v) is 6.53. The van der Waals surface area contributed by atoms with Gasteiger partial charge >= 0.3 is 0 Å². The van der Waals surface area contributed by atoms with Crippen molar-refractivity contribution in [3.63, 3.8) is 0 Å². The van der Waals surface area contributed by atoms with Crippen LogP contribution in [0.2, 0.25) is 0 Å². The number of thioether (sulfide) groups is 1. The zero-order valence-electron chi connectivity index (χ0n) is 14.4. The lowest BCUT2D eigenvalue weighted by atomic mass is 10.3. The maximum atomic E-state index is 12.1. The largest absolute Gasteiger partial charge is 0.492 e. The number of nitrogens with one attached hydrogen (secondary N) is 1. The van der Waals surface area contributed by atoms with E-state index in [2.05, 4.69) is 21.4 Å². The van der Waals surface area contributed by atoms with Crippen molar-refractivity contribution >= 4 is 28.7 Å². The zero-order chi connectivity index (χ0) is 18.2. The van der Waals surface area contributed by atoms with Crippen LogP contribution in [-0.4, -0.2) is 34.4 Å². The molecule has 1 amide bonds. The standard InChI is InChI=1S/C20H21N3O2S/c1-2-13-23-18-11-7-6-10-17(18)22-20(23)26-15-19(24)21-12-14-25-16-8-4-3-5-9-16/h2-11H,1,12-15H2,(H,21,24). The van der Waals surface area contributed by atoms with E-state index >= 15 is 0 Å².